The second-order valence-corrected chi connectivity index (χ2v) is 2.97. The third-order valence-electron chi connectivity index (χ3n) is 1.93. The Balaban J connectivity index is 0.000000980. The predicted molar refractivity (Wildman–Crippen MR) is 66.7 cm³/mol. The molecule has 0 aliphatic carbocycles. The zero-order valence-electron chi connectivity index (χ0n) is 7.35. The second kappa shape index (κ2) is 5.66. The monoisotopic (exact) mass is 245 g/mol. The standard InChI is InChI=1S/C13H11.GeH4/c1-3-7-12(8-4-1)11-13-9-5-2-6-10-13;/h1-11H;1H4. The van der Waals surface area contributed by atoms with Crippen LogP contribution in [-0.4, -0.2) is 17.6 Å². The van der Waals surface area contributed by atoms with Crippen molar-refractivity contribution in [2.24, 2.45) is 0 Å². The van der Waals surface area contributed by atoms with Gasteiger partial charge in [-0.05, 0) is 11.1 Å². The molecule has 0 fully saturated rings. The number of benzene rings is 2. The third-order valence-corrected chi connectivity index (χ3v) is 1.93. The van der Waals surface area contributed by atoms with E-state index in [1.165, 1.54) is 11.1 Å². The molecule has 0 heterocycles. The molecule has 1 radical (unpaired) electrons. The summed E-state index contributed by atoms with van der Waals surface area (Å²) in [6.07, 6.45) is 2.17. The summed E-state index contributed by atoms with van der Waals surface area (Å²) in [4.78, 5) is 0. The quantitative estimate of drug-likeness (QED) is 0.707. The summed E-state index contributed by atoms with van der Waals surface area (Å²) in [7, 11) is 0. The molecule has 0 aromatic heterocycles. The van der Waals surface area contributed by atoms with Crippen molar-refractivity contribution in [2.45, 2.75) is 0 Å². The van der Waals surface area contributed by atoms with E-state index in [1.807, 2.05) is 12.1 Å². The zero-order chi connectivity index (χ0) is 8.93. The Kier molecular flexibility index (Phi) is 4.47. The molecule has 0 nitrogen and oxygen atoms in total. The van der Waals surface area contributed by atoms with Gasteiger partial charge in [-0.1, -0.05) is 60.7 Å². The van der Waals surface area contributed by atoms with E-state index in [-0.39, 0.29) is 17.6 Å². The van der Waals surface area contributed by atoms with E-state index in [9.17, 15) is 0 Å². The van der Waals surface area contributed by atoms with Gasteiger partial charge in [0.2, 0.25) is 0 Å². The Morgan fingerprint density at radius 2 is 0.929 bits per heavy atom. The van der Waals surface area contributed by atoms with Crippen molar-refractivity contribution in [3.8, 4) is 0 Å². The van der Waals surface area contributed by atoms with E-state index in [0.717, 1.165) is 0 Å². The summed E-state index contributed by atoms with van der Waals surface area (Å²) < 4.78 is 0. The van der Waals surface area contributed by atoms with Gasteiger partial charge in [0.05, 0.1) is 0 Å². The van der Waals surface area contributed by atoms with Crippen molar-refractivity contribution in [3.05, 3.63) is 78.2 Å². The van der Waals surface area contributed by atoms with Crippen molar-refractivity contribution in [1.29, 1.82) is 0 Å². The summed E-state index contributed by atoms with van der Waals surface area (Å²) >= 11 is 0. The van der Waals surface area contributed by atoms with Gasteiger partial charge in [-0.3, -0.25) is 0 Å². The van der Waals surface area contributed by atoms with Gasteiger partial charge in [-0.15, -0.1) is 0 Å². The molecule has 0 atom stereocenters. The average Bonchev–Trinajstić information content (AvgIpc) is 2.21. The molecule has 14 heavy (non-hydrogen) atoms. The molecule has 0 aliphatic rings. The van der Waals surface area contributed by atoms with E-state index >= 15 is 0 Å². The summed E-state index contributed by atoms with van der Waals surface area (Å²) in [6, 6.07) is 20.7. The first kappa shape index (κ1) is 11.1. The fourth-order valence-corrected chi connectivity index (χ4v) is 1.29. The Morgan fingerprint density at radius 3 is 1.29 bits per heavy atom. The molecular weight excluding hydrogens is 229 g/mol. The molecule has 71 valence electrons. The van der Waals surface area contributed by atoms with Gasteiger partial charge in [0.25, 0.3) is 0 Å². The fraction of sp³-hybridized carbons (Fsp3) is 0. The normalized spacial score (nSPS) is 9.14. The number of hydrogen-bond acceptors (Lipinski definition) is 0. The van der Waals surface area contributed by atoms with Crippen LogP contribution in [0.25, 0.3) is 0 Å². The Bertz CT molecular complexity index is 316. The molecule has 0 N–H and O–H groups in total. The number of hydrogen-bond donors (Lipinski definition) is 0. The summed E-state index contributed by atoms with van der Waals surface area (Å²) in [5.74, 6) is 0. The van der Waals surface area contributed by atoms with Crippen molar-refractivity contribution < 1.29 is 0 Å². The molecule has 0 amide bonds. The maximum absolute atomic E-state index is 2.17. The van der Waals surface area contributed by atoms with Gasteiger partial charge >= 0.3 is 17.6 Å². The molecule has 0 unspecified atom stereocenters. The molecule has 0 bridgehead atoms. The van der Waals surface area contributed by atoms with Gasteiger partial charge in [-0.2, -0.15) is 0 Å². The molecule has 0 saturated heterocycles. The van der Waals surface area contributed by atoms with Gasteiger partial charge in [0, 0.05) is 6.42 Å². The van der Waals surface area contributed by atoms with Crippen LogP contribution in [0.5, 0.6) is 0 Å². The van der Waals surface area contributed by atoms with Crippen LogP contribution >= 0.6 is 0 Å². The molecule has 0 saturated carbocycles. The maximum atomic E-state index is 2.17. The van der Waals surface area contributed by atoms with Crippen LogP contribution in [-0.2, 0) is 0 Å². The molecular formula is C13H15Ge. The summed E-state index contributed by atoms with van der Waals surface area (Å²) in [6.45, 7) is 0. The average molecular weight is 244 g/mol. The van der Waals surface area contributed by atoms with E-state index in [2.05, 4.69) is 55.0 Å². The molecule has 2 aromatic carbocycles. The van der Waals surface area contributed by atoms with Crippen molar-refractivity contribution in [1.82, 2.24) is 0 Å². The van der Waals surface area contributed by atoms with Crippen LogP contribution < -0.4 is 0 Å². The van der Waals surface area contributed by atoms with Gasteiger partial charge in [-0.25, -0.2) is 0 Å². The topological polar surface area (TPSA) is 0 Å². The summed E-state index contributed by atoms with van der Waals surface area (Å²) in [5, 5.41) is 0. The Hall–Kier alpha value is -1.02. The molecule has 2 aromatic rings. The molecule has 0 aliphatic heterocycles. The van der Waals surface area contributed by atoms with E-state index < -0.39 is 0 Å². The zero-order valence-corrected chi connectivity index (χ0v) is 7.35. The van der Waals surface area contributed by atoms with Crippen LogP contribution in [0.3, 0.4) is 0 Å². The predicted octanol–water partition coefficient (Wildman–Crippen LogP) is 1.84. The van der Waals surface area contributed by atoms with E-state index in [1.54, 1.807) is 0 Å². The molecule has 1 heteroatoms. The third kappa shape index (κ3) is 3.04. The molecule has 2 rings (SSSR count). The minimum absolute atomic E-state index is 0. The van der Waals surface area contributed by atoms with Crippen molar-refractivity contribution >= 4 is 17.6 Å². The fourth-order valence-electron chi connectivity index (χ4n) is 1.29. The van der Waals surface area contributed by atoms with Crippen LogP contribution in [0.4, 0.5) is 0 Å². The first-order chi connectivity index (χ1) is 6.45. The van der Waals surface area contributed by atoms with Crippen molar-refractivity contribution in [3.63, 3.8) is 0 Å². The SMILES string of the molecule is [CH](c1ccccc1)c1ccccc1.[GeH4]. The van der Waals surface area contributed by atoms with Crippen LogP contribution in [0.1, 0.15) is 11.1 Å². The second-order valence-electron chi connectivity index (χ2n) is 2.97. The van der Waals surface area contributed by atoms with Crippen LogP contribution in [0.2, 0.25) is 0 Å². The van der Waals surface area contributed by atoms with E-state index in [4.69, 9.17) is 0 Å². The van der Waals surface area contributed by atoms with Crippen molar-refractivity contribution in [2.75, 3.05) is 0 Å². The van der Waals surface area contributed by atoms with E-state index in [0.29, 0.717) is 0 Å². The van der Waals surface area contributed by atoms with Gasteiger partial charge in [0.1, 0.15) is 0 Å². The number of rotatable bonds is 2. The van der Waals surface area contributed by atoms with Gasteiger partial charge < -0.3 is 0 Å². The van der Waals surface area contributed by atoms with Crippen LogP contribution in [0.15, 0.2) is 60.7 Å². The van der Waals surface area contributed by atoms with Crippen LogP contribution in [0, 0.1) is 6.42 Å². The first-order valence-corrected chi connectivity index (χ1v) is 4.40. The Labute approximate surface area is 96.0 Å². The first-order valence-electron chi connectivity index (χ1n) is 4.40. The minimum atomic E-state index is 0. The van der Waals surface area contributed by atoms with Gasteiger partial charge in [0.15, 0.2) is 0 Å². The molecule has 0 spiro atoms. The Morgan fingerprint density at radius 1 is 0.571 bits per heavy atom. The summed E-state index contributed by atoms with van der Waals surface area (Å²) in [5.41, 5.74) is 2.49.